The molecule has 2 nitrogen and oxygen atoms in total. The summed E-state index contributed by atoms with van der Waals surface area (Å²) in [6, 6.07) is 43.8. The summed E-state index contributed by atoms with van der Waals surface area (Å²) in [5.74, 6) is 0. The molecule has 1 fully saturated rings. The smallest absolute Gasteiger partial charge is 0.144 e. The summed E-state index contributed by atoms with van der Waals surface area (Å²) in [5.41, 5.74) is -2.17. The maximum absolute atomic E-state index is 5.20. The molecule has 1 aliphatic heterocycles. The lowest BCUT2D eigenvalue weighted by Crippen LogP contribution is -2.38. The first-order valence-corrected chi connectivity index (χ1v) is 17.0. The molecular formula is C29H30O2P2S2. The molecule has 6 heteroatoms. The lowest BCUT2D eigenvalue weighted by Gasteiger charge is -2.40. The molecular weight excluding hydrogens is 506 g/mol. The number of hydrogen-bond acceptors (Lipinski definition) is 4. The van der Waals surface area contributed by atoms with Crippen molar-refractivity contribution in [3.63, 3.8) is 0 Å². The third kappa shape index (κ3) is 6.33. The minimum atomic E-state index is -2.25. The van der Waals surface area contributed by atoms with Crippen LogP contribution in [0.4, 0.5) is 0 Å². The summed E-state index contributed by atoms with van der Waals surface area (Å²) >= 11 is 9.76. The molecule has 35 heavy (non-hydrogen) atoms. The molecule has 1 heterocycles. The molecule has 1 aliphatic rings. The Bertz CT molecular complexity index is 1070. The van der Waals surface area contributed by atoms with Gasteiger partial charge in [-0.1, -0.05) is 98.5 Å². The van der Waals surface area contributed by atoms with E-state index in [1.54, 1.807) is 0 Å². The average molecular weight is 537 g/mol. The Kier molecular flexibility index (Phi) is 8.66. The van der Waals surface area contributed by atoms with Crippen LogP contribution in [-0.4, -0.2) is 13.2 Å². The quantitative estimate of drug-likeness (QED) is 0.230. The second kappa shape index (κ2) is 11.5. The Labute approximate surface area is 220 Å². The van der Waals surface area contributed by atoms with Crippen LogP contribution in [0.3, 0.4) is 0 Å². The van der Waals surface area contributed by atoms with E-state index in [-0.39, 0.29) is 5.41 Å². The molecule has 0 aliphatic carbocycles. The van der Waals surface area contributed by atoms with Gasteiger partial charge in [-0.25, -0.2) is 0 Å². The maximum Gasteiger partial charge on any atom is 0.144 e. The van der Waals surface area contributed by atoms with Crippen LogP contribution < -0.4 is 21.2 Å². The summed E-state index contributed by atoms with van der Waals surface area (Å²) in [6.07, 6.45) is 0. The second-order valence-corrected chi connectivity index (χ2v) is 17.6. The number of hydrogen-bond donors (Lipinski definition) is 0. The molecule has 0 aromatic heterocycles. The third-order valence-corrected chi connectivity index (χ3v) is 12.2. The lowest BCUT2D eigenvalue weighted by atomic mass is 9.97. The highest BCUT2D eigenvalue weighted by atomic mass is 32.9. The van der Waals surface area contributed by atoms with Crippen LogP contribution in [0.5, 0.6) is 0 Å². The van der Waals surface area contributed by atoms with Gasteiger partial charge in [0.05, 0.1) is 18.9 Å². The molecule has 0 N–H and O–H groups in total. The minimum Gasteiger partial charge on any atom is -0.691 e. The Morgan fingerprint density at radius 3 is 1.09 bits per heavy atom. The monoisotopic (exact) mass is 536 g/mol. The fraction of sp³-hybridized carbons (Fsp3) is 0.172. The van der Waals surface area contributed by atoms with Gasteiger partial charge in [0.25, 0.3) is 0 Å². The van der Waals surface area contributed by atoms with Gasteiger partial charge in [-0.3, -0.25) is 0 Å². The van der Waals surface area contributed by atoms with E-state index in [1.807, 2.05) is 0 Å². The summed E-state index contributed by atoms with van der Waals surface area (Å²) in [4.78, 5) is 0. The topological polar surface area (TPSA) is 18.5 Å². The van der Waals surface area contributed by atoms with Crippen LogP contribution in [-0.2, 0) is 33.1 Å². The largest absolute Gasteiger partial charge is 0.691 e. The van der Waals surface area contributed by atoms with Crippen molar-refractivity contribution in [3.8, 4) is 0 Å². The molecule has 0 radical (unpaired) electrons. The molecule has 0 atom stereocenters. The highest BCUT2D eigenvalue weighted by Crippen LogP contribution is 2.54. The van der Waals surface area contributed by atoms with Crippen molar-refractivity contribution in [2.24, 2.45) is 5.41 Å². The zero-order chi connectivity index (χ0) is 24.8. The Hall–Kier alpha value is -1.77. The van der Waals surface area contributed by atoms with Gasteiger partial charge in [-0.2, -0.15) is 0 Å². The van der Waals surface area contributed by atoms with Crippen molar-refractivity contribution in [2.45, 2.75) is 13.8 Å². The summed E-state index contributed by atoms with van der Waals surface area (Å²) in [6.45, 7) is 5.40. The summed E-state index contributed by atoms with van der Waals surface area (Å²) in [5, 5.41) is 5.55. The molecule has 0 saturated carbocycles. The van der Waals surface area contributed by atoms with E-state index in [0.717, 1.165) is 0 Å². The van der Waals surface area contributed by atoms with Crippen molar-refractivity contribution in [1.82, 2.24) is 0 Å². The fourth-order valence-electron chi connectivity index (χ4n) is 4.09. The molecule has 1 saturated heterocycles. The first-order chi connectivity index (χ1) is 16.8. The van der Waals surface area contributed by atoms with E-state index in [4.69, 9.17) is 33.1 Å². The van der Waals surface area contributed by atoms with E-state index in [0.29, 0.717) is 13.2 Å². The normalized spacial score (nSPS) is 16.5. The first-order valence-electron chi connectivity index (χ1n) is 11.6. The standard InChI is InChI=1S/C24H20P.C5H11O2PS2/c1-5-13-21(14-6-1)25(22-15-7-2-8-16-22,23-17-9-3-10-18-23)24-19-11-4-12-20-24;1-5(2)3-6-8(9,10)7-4-5/h1-20H;3-4H2,1-2H3,(H,9,10)/q+1;/p-1. The average Bonchev–Trinajstić information content (AvgIpc) is 2.90. The Balaban J connectivity index is 0.000000243. The summed E-state index contributed by atoms with van der Waals surface area (Å²) in [7, 11) is -1.91. The predicted molar refractivity (Wildman–Crippen MR) is 159 cm³/mol. The van der Waals surface area contributed by atoms with Gasteiger partial charge in [-0.05, 0) is 48.5 Å². The van der Waals surface area contributed by atoms with Gasteiger partial charge in [0, 0.05) is 5.41 Å². The molecule has 4 aromatic rings. The molecule has 0 unspecified atom stereocenters. The predicted octanol–water partition coefficient (Wildman–Crippen LogP) is 6.14. The van der Waals surface area contributed by atoms with Crippen molar-refractivity contribution in [1.29, 1.82) is 0 Å². The molecule has 5 rings (SSSR count). The van der Waals surface area contributed by atoms with E-state index in [1.165, 1.54) is 21.2 Å². The van der Waals surface area contributed by atoms with Gasteiger partial charge in [0.1, 0.15) is 28.5 Å². The van der Waals surface area contributed by atoms with Crippen LogP contribution in [0, 0.1) is 5.41 Å². The van der Waals surface area contributed by atoms with E-state index in [2.05, 4.69) is 135 Å². The Morgan fingerprint density at radius 1 is 0.600 bits per heavy atom. The van der Waals surface area contributed by atoms with Crippen molar-refractivity contribution >= 4 is 58.2 Å². The van der Waals surface area contributed by atoms with Gasteiger partial charge in [-0.15, -0.1) is 0 Å². The number of rotatable bonds is 4. The van der Waals surface area contributed by atoms with E-state index >= 15 is 0 Å². The van der Waals surface area contributed by atoms with E-state index < -0.39 is 13.0 Å². The maximum atomic E-state index is 5.20. The van der Waals surface area contributed by atoms with Crippen LogP contribution in [0.15, 0.2) is 121 Å². The molecule has 0 bridgehead atoms. The summed E-state index contributed by atoms with van der Waals surface area (Å²) < 4.78 is 10.4. The van der Waals surface area contributed by atoms with Gasteiger partial charge < -0.3 is 21.3 Å². The van der Waals surface area contributed by atoms with E-state index in [9.17, 15) is 0 Å². The minimum absolute atomic E-state index is 0.0844. The first kappa shape index (κ1) is 26.3. The second-order valence-electron chi connectivity index (χ2n) is 9.17. The van der Waals surface area contributed by atoms with Crippen molar-refractivity contribution in [2.75, 3.05) is 13.2 Å². The highest BCUT2D eigenvalue weighted by molar-refractivity contribution is 8.51. The Morgan fingerprint density at radius 2 is 0.857 bits per heavy atom. The zero-order valence-corrected chi connectivity index (χ0v) is 23.4. The molecule has 4 aromatic carbocycles. The van der Waals surface area contributed by atoms with Crippen LogP contribution in [0.1, 0.15) is 13.8 Å². The van der Waals surface area contributed by atoms with Crippen molar-refractivity contribution in [3.05, 3.63) is 121 Å². The van der Waals surface area contributed by atoms with Crippen LogP contribution in [0.2, 0.25) is 0 Å². The lowest BCUT2D eigenvalue weighted by molar-refractivity contribution is 0.0673. The molecule has 0 amide bonds. The van der Waals surface area contributed by atoms with Gasteiger partial charge in [0.2, 0.25) is 0 Å². The van der Waals surface area contributed by atoms with Gasteiger partial charge >= 0.3 is 0 Å². The highest BCUT2D eigenvalue weighted by Gasteiger charge is 2.47. The fourth-order valence-corrected chi connectivity index (χ4v) is 10.1. The van der Waals surface area contributed by atoms with Crippen LogP contribution >= 0.6 is 13.0 Å². The SMILES string of the molecule is CC1(C)COP(=S)([S-])OC1.c1ccc([P+](c2ccccc2)(c2ccccc2)c2ccccc2)cc1. The zero-order valence-electron chi connectivity index (χ0n) is 20.0. The number of benzene rings is 4. The van der Waals surface area contributed by atoms with Crippen molar-refractivity contribution < 1.29 is 9.05 Å². The van der Waals surface area contributed by atoms with Crippen LogP contribution in [0.25, 0.3) is 0 Å². The van der Waals surface area contributed by atoms with Gasteiger partial charge in [0.15, 0.2) is 0 Å². The molecule has 0 spiro atoms. The molecule has 180 valence electrons. The third-order valence-electron chi connectivity index (χ3n) is 5.80.